The van der Waals surface area contributed by atoms with Crippen LogP contribution in [0.5, 0.6) is 0 Å². The molecule has 1 aromatic carbocycles. The van der Waals surface area contributed by atoms with Crippen molar-refractivity contribution < 1.29 is 17.6 Å². The third-order valence-electron chi connectivity index (χ3n) is 3.34. The fourth-order valence-corrected chi connectivity index (χ4v) is 2.03. The smallest absolute Gasteiger partial charge is 0.324 e. The highest BCUT2D eigenvalue weighted by atomic mass is 35.5. The van der Waals surface area contributed by atoms with E-state index in [0.717, 1.165) is 37.5 Å². The van der Waals surface area contributed by atoms with Gasteiger partial charge in [0.2, 0.25) is 0 Å². The van der Waals surface area contributed by atoms with Gasteiger partial charge >= 0.3 is 6.18 Å². The lowest BCUT2D eigenvalue weighted by molar-refractivity contribution is -0.137. The van der Waals surface area contributed by atoms with E-state index in [1.54, 1.807) is 0 Å². The summed E-state index contributed by atoms with van der Waals surface area (Å²) in [6.07, 6.45) is -1.73. The number of nitrogens with two attached hydrogens (primary N) is 1. The van der Waals surface area contributed by atoms with E-state index in [0.29, 0.717) is 0 Å². The maximum atomic E-state index is 13.5. The average Bonchev–Trinajstić information content (AvgIpc) is 2.13. The summed E-state index contributed by atoms with van der Waals surface area (Å²) in [5.41, 5.74) is 4.94. The molecule has 0 bridgehead atoms. The number of alkyl halides is 3. The lowest BCUT2D eigenvalue weighted by Gasteiger charge is -2.31. The van der Waals surface area contributed by atoms with E-state index >= 15 is 0 Å². The molecule has 2 N–H and O–H groups in total. The van der Waals surface area contributed by atoms with E-state index in [1.165, 1.54) is 0 Å². The van der Waals surface area contributed by atoms with E-state index in [2.05, 4.69) is 0 Å². The fraction of sp³-hybridized carbons (Fsp3) is 0.500. The highest BCUT2D eigenvalue weighted by Gasteiger charge is 2.33. The van der Waals surface area contributed by atoms with Crippen LogP contribution >= 0.6 is 12.4 Å². The minimum atomic E-state index is -4.46. The number of hydrogen-bond acceptors (Lipinski definition) is 1. The van der Waals surface area contributed by atoms with Gasteiger partial charge in [0, 0.05) is 11.6 Å². The topological polar surface area (TPSA) is 26.0 Å². The highest BCUT2D eigenvalue weighted by molar-refractivity contribution is 5.85. The molecule has 1 saturated carbocycles. The molecule has 0 amide bonds. The Morgan fingerprint density at radius 2 is 1.83 bits per heavy atom. The van der Waals surface area contributed by atoms with Crippen LogP contribution in [0.1, 0.15) is 36.4 Å². The minimum absolute atomic E-state index is 0. The van der Waals surface area contributed by atoms with Crippen LogP contribution in [0.2, 0.25) is 0 Å². The van der Waals surface area contributed by atoms with Gasteiger partial charge < -0.3 is 5.73 Å². The Morgan fingerprint density at radius 1 is 1.22 bits per heavy atom. The van der Waals surface area contributed by atoms with Crippen LogP contribution in [-0.2, 0) is 6.18 Å². The van der Waals surface area contributed by atoms with Crippen LogP contribution in [0.25, 0.3) is 0 Å². The minimum Gasteiger partial charge on any atom is -0.324 e. The van der Waals surface area contributed by atoms with Gasteiger partial charge in [-0.25, -0.2) is 4.39 Å². The van der Waals surface area contributed by atoms with Crippen molar-refractivity contribution in [1.29, 1.82) is 0 Å². The van der Waals surface area contributed by atoms with E-state index < -0.39 is 23.6 Å². The van der Waals surface area contributed by atoms with Crippen molar-refractivity contribution in [3.63, 3.8) is 0 Å². The summed E-state index contributed by atoms with van der Waals surface area (Å²) in [7, 11) is 0. The largest absolute Gasteiger partial charge is 0.416 e. The first kappa shape index (κ1) is 15.2. The molecule has 2 rings (SSSR count). The number of benzene rings is 1. The van der Waals surface area contributed by atoms with E-state index in [4.69, 9.17) is 5.73 Å². The molecule has 6 heteroatoms. The first-order valence-electron chi connectivity index (χ1n) is 5.52. The predicted octanol–water partition coefficient (Wildman–Crippen LogP) is 4.07. The van der Waals surface area contributed by atoms with Crippen LogP contribution in [0.4, 0.5) is 17.6 Å². The summed E-state index contributed by atoms with van der Waals surface area (Å²) in [5, 5.41) is 0. The Morgan fingerprint density at radius 3 is 2.28 bits per heavy atom. The quantitative estimate of drug-likeness (QED) is 0.814. The van der Waals surface area contributed by atoms with Gasteiger partial charge in [-0.1, -0.05) is 6.42 Å². The first-order chi connectivity index (χ1) is 7.89. The highest BCUT2D eigenvalue weighted by Crippen LogP contribution is 2.38. The summed E-state index contributed by atoms with van der Waals surface area (Å²) in [6, 6.07) is 1.78. The summed E-state index contributed by atoms with van der Waals surface area (Å²) >= 11 is 0. The van der Waals surface area contributed by atoms with E-state index in [9.17, 15) is 17.6 Å². The molecule has 0 aliphatic heterocycles. The van der Waals surface area contributed by atoms with Gasteiger partial charge in [0.25, 0.3) is 0 Å². The van der Waals surface area contributed by atoms with Gasteiger partial charge in [0.05, 0.1) is 5.56 Å². The first-order valence-corrected chi connectivity index (χ1v) is 5.52. The fourth-order valence-electron chi connectivity index (χ4n) is 2.03. The van der Waals surface area contributed by atoms with Gasteiger partial charge in [-0.2, -0.15) is 13.2 Å². The van der Waals surface area contributed by atoms with E-state index in [1.807, 2.05) is 0 Å². The Labute approximate surface area is 109 Å². The molecule has 1 fully saturated rings. The lowest BCUT2D eigenvalue weighted by atomic mass is 9.77. The molecule has 1 nitrogen and oxygen atoms in total. The molecular formula is C12H14ClF4N. The molecule has 102 valence electrons. The SMILES string of the molecule is Cl.N[C@H](c1cc(C(F)(F)F)ccc1F)C1CCC1. The summed E-state index contributed by atoms with van der Waals surface area (Å²) in [5.74, 6) is -0.551. The van der Waals surface area contributed by atoms with Gasteiger partial charge in [-0.05, 0) is 37.0 Å². The zero-order valence-corrected chi connectivity index (χ0v) is 10.3. The van der Waals surface area contributed by atoms with Crippen LogP contribution in [0.3, 0.4) is 0 Å². The second kappa shape index (κ2) is 5.45. The molecule has 18 heavy (non-hydrogen) atoms. The molecule has 0 heterocycles. The molecule has 1 atom stereocenters. The van der Waals surface area contributed by atoms with Crippen molar-refractivity contribution in [2.24, 2.45) is 11.7 Å². The van der Waals surface area contributed by atoms with Crippen LogP contribution < -0.4 is 5.73 Å². The maximum absolute atomic E-state index is 13.5. The third-order valence-corrected chi connectivity index (χ3v) is 3.34. The van der Waals surface area contributed by atoms with Gasteiger partial charge in [-0.15, -0.1) is 12.4 Å². The van der Waals surface area contributed by atoms with Crippen LogP contribution in [0.15, 0.2) is 18.2 Å². The molecule has 0 saturated heterocycles. The summed E-state index contributed by atoms with van der Waals surface area (Å²) in [4.78, 5) is 0. The second-order valence-corrected chi connectivity index (χ2v) is 4.45. The Hall–Kier alpha value is -0.810. The standard InChI is InChI=1S/C12H13F4N.ClH/c13-10-5-4-8(12(14,15)16)6-9(10)11(17)7-2-1-3-7;/h4-7,11H,1-3,17H2;1H/t11-;/m0./s1. The molecule has 1 aliphatic rings. The Kier molecular flexibility index (Phi) is 4.61. The lowest BCUT2D eigenvalue weighted by Crippen LogP contribution is -2.28. The van der Waals surface area contributed by atoms with Crippen molar-refractivity contribution in [1.82, 2.24) is 0 Å². The number of halogens is 5. The molecule has 0 unspecified atom stereocenters. The summed E-state index contributed by atoms with van der Waals surface area (Å²) in [6.45, 7) is 0. The molecular weight excluding hydrogens is 270 g/mol. The third kappa shape index (κ3) is 2.95. The summed E-state index contributed by atoms with van der Waals surface area (Å²) < 4.78 is 51.0. The number of hydrogen-bond donors (Lipinski definition) is 1. The van der Waals surface area contributed by atoms with Crippen molar-refractivity contribution in [3.05, 3.63) is 35.1 Å². The van der Waals surface area contributed by atoms with Crippen LogP contribution in [-0.4, -0.2) is 0 Å². The normalized spacial score (nSPS) is 17.8. The van der Waals surface area contributed by atoms with Crippen LogP contribution in [0, 0.1) is 11.7 Å². The molecule has 1 aromatic rings. The second-order valence-electron chi connectivity index (χ2n) is 4.45. The Balaban J connectivity index is 0.00000162. The van der Waals surface area contributed by atoms with Crippen molar-refractivity contribution in [3.8, 4) is 0 Å². The Bertz CT molecular complexity index is 415. The maximum Gasteiger partial charge on any atom is 0.416 e. The van der Waals surface area contributed by atoms with Crippen molar-refractivity contribution >= 4 is 12.4 Å². The predicted molar refractivity (Wildman–Crippen MR) is 62.9 cm³/mol. The monoisotopic (exact) mass is 283 g/mol. The van der Waals surface area contributed by atoms with Crippen molar-refractivity contribution in [2.45, 2.75) is 31.5 Å². The van der Waals surface area contributed by atoms with Crippen molar-refractivity contribution in [2.75, 3.05) is 0 Å². The molecule has 1 aliphatic carbocycles. The molecule has 0 spiro atoms. The van der Waals surface area contributed by atoms with Gasteiger partial charge in [-0.3, -0.25) is 0 Å². The molecule has 0 aromatic heterocycles. The zero-order chi connectivity index (χ0) is 12.6. The van der Waals surface area contributed by atoms with Gasteiger partial charge in [0.15, 0.2) is 0 Å². The average molecular weight is 284 g/mol. The van der Waals surface area contributed by atoms with Gasteiger partial charge in [0.1, 0.15) is 5.82 Å². The van der Waals surface area contributed by atoms with E-state index in [-0.39, 0.29) is 23.9 Å². The zero-order valence-electron chi connectivity index (χ0n) is 9.51. The molecule has 0 radical (unpaired) electrons. The number of rotatable bonds is 2.